The van der Waals surface area contributed by atoms with Crippen molar-refractivity contribution >= 4 is 17.5 Å². The maximum Gasteiger partial charge on any atom is 0.238 e. The first kappa shape index (κ1) is 15.7. The molecule has 5 nitrogen and oxygen atoms in total. The van der Waals surface area contributed by atoms with Gasteiger partial charge in [-0.05, 0) is 23.3 Å². The second kappa shape index (κ2) is 7.95. The number of amides is 2. The van der Waals surface area contributed by atoms with E-state index >= 15 is 0 Å². The van der Waals surface area contributed by atoms with Gasteiger partial charge in [-0.15, -0.1) is 0 Å². The van der Waals surface area contributed by atoms with E-state index in [0.717, 1.165) is 16.8 Å². The molecule has 0 heterocycles. The Morgan fingerprint density at radius 2 is 1.41 bits per heavy atom. The van der Waals surface area contributed by atoms with Crippen LogP contribution in [-0.4, -0.2) is 32.0 Å². The Morgan fingerprint density at radius 3 is 2.05 bits per heavy atom. The molecule has 0 aliphatic rings. The lowest BCUT2D eigenvalue weighted by Gasteiger charge is -2.07. The number of benzene rings is 2. The van der Waals surface area contributed by atoms with Gasteiger partial charge in [-0.2, -0.15) is 0 Å². The highest BCUT2D eigenvalue weighted by atomic mass is 16.2. The normalized spacial score (nSPS) is 10.0. The minimum atomic E-state index is -0.184. The molecule has 5 heteroatoms. The van der Waals surface area contributed by atoms with E-state index in [-0.39, 0.29) is 24.9 Å². The van der Waals surface area contributed by atoms with E-state index in [4.69, 9.17) is 0 Å². The summed E-state index contributed by atoms with van der Waals surface area (Å²) in [5.41, 5.74) is 2.95. The Kier molecular flexibility index (Phi) is 5.68. The molecule has 0 spiro atoms. The van der Waals surface area contributed by atoms with E-state index in [2.05, 4.69) is 16.0 Å². The smallest absolute Gasteiger partial charge is 0.238 e. The molecule has 2 aromatic carbocycles. The summed E-state index contributed by atoms with van der Waals surface area (Å²) in [7, 11) is 1.55. The first-order valence-corrected chi connectivity index (χ1v) is 7.05. The lowest BCUT2D eigenvalue weighted by molar-refractivity contribution is -0.119. The van der Waals surface area contributed by atoms with Crippen molar-refractivity contribution < 1.29 is 9.59 Å². The third-order valence-electron chi connectivity index (χ3n) is 3.13. The van der Waals surface area contributed by atoms with Crippen LogP contribution in [-0.2, 0) is 9.59 Å². The van der Waals surface area contributed by atoms with Crippen molar-refractivity contribution in [2.24, 2.45) is 0 Å². The average Bonchev–Trinajstić information content (AvgIpc) is 2.56. The number of anilines is 1. The zero-order valence-electron chi connectivity index (χ0n) is 12.4. The Morgan fingerprint density at radius 1 is 0.818 bits per heavy atom. The predicted molar refractivity (Wildman–Crippen MR) is 87.4 cm³/mol. The number of hydrogen-bond acceptors (Lipinski definition) is 3. The summed E-state index contributed by atoms with van der Waals surface area (Å²) in [6.07, 6.45) is 0. The van der Waals surface area contributed by atoms with E-state index < -0.39 is 0 Å². The fourth-order valence-corrected chi connectivity index (χ4v) is 1.96. The molecule has 0 bridgehead atoms. The van der Waals surface area contributed by atoms with Gasteiger partial charge in [0.15, 0.2) is 0 Å². The van der Waals surface area contributed by atoms with Gasteiger partial charge in [0.2, 0.25) is 11.8 Å². The van der Waals surface area contributed by atoms with Gasteiger partial charge in [0, 0.05) is 12.7 Å². The van der Waals surface area contributed by atoms with Gasteiger partial charge in [0.25, 0.3) is 0 Å². The molecule has 0 fully saturated rings. The molecule has 2 aromatic rings. The molecule has 0 radical (unpaired) electrons. The zero-order valence-corrected chi connectivity index (χ0v) is 12.4. The Bertz CT molecular complexity index is 624. The van der Waals surface area contributed by atoms with Gasteiger partial charge < -0.3 is 10.6 Å². The van der Waals surface area contributed by atoms with Crippen molar-refractivity contribution in [3.63, 3.8) is 0 Å². The molecule has 114 valence electrons. The fourth-order valence-electron chi connectivity index (χ4n) is 1.96. The Balaban J connectivity index is 1.86. The third-order valence-corrected chi connectivity index (χ3v) is 3.13. The van der Waals surface area contributed by atoms with Crippen molar-refractivity contribution in [2.45, 2.75) is 0 Å². The summed E-state index contributed by atoms with van der Waals surface area (Å²) in [6, 6.07) is 17.7. The van der Waals surface area contributed by atoms with Crippen molar-refractivity contribution in [3.05, 3.63) is 54.6 Å². The summed E-state index contributed by atoms with van der Waals surface area (Å²) in [4.78, 5) is 22.8. The highest BCUT2D eigenvalue weighted by Crippen LogP contribution is 2.20. The first-order valence-electron chi connectivity index (χ1n) is 7.05. The lowest BCUT2D eigenvalue weighted by Crippen LogP contribution is -2.36. The van der Waals surface area contributed by atoms with E-state index in [1.165, 1.54) is 0 Å². The summed E-state index contributed by atoms with van der Waals surface area (Å²) >= 11 is 0. The van der Waals surface area contributed by atoms with Gasteiger partial charge >= 0.3 is 0 Å². The molecule has 2 rings (SSSR count). The summed E-state index contributed by atoms with van der Waals surface area (Å²) in [5, 5.41) is 8.03. The van der Waals surface area contributed by atoms with E-state index in [0.29, 0.717) is 0 Å². The van der Waals surface area contributed by atoms with Crippen molar-refractivity contribution in [1.29, 1.82) is 0 Å². The summed E-state index contributed by atoms with van der Waals surface area (Å²) in [5.74, 6) is -0.337. The Labute approximate surface area is 129 Å². The van der Waals surface area contributed by atoms with Gasteiger partial charge in [-0.3, -0.25) is 14.9 Å². The van der Waals surface area contributed by atoms with Crippen molar-refractivity contribution in [2.75, 3.05) is 25.5 Å². The van der Waals surface area contributed by atoms with Gasteiger partial charge in [-0.25, -0.2) is 0 Å². The second-order valence-corrected chi connectivity index (χ2v) is 4.77. The predicted octanol–water partition coefficient (Wildman–Crippen LogP) is 1.63. The first-order chi connectivity index (χ1) is 10.7. The van der Waals surface area contributed by atoms with Crippen LogP contribution in [0.2, 0.25) is 0 Å². The number of likely N-dealkylation sites (N-methyl/N-ethyl adjacent to an activating group) is 1. The molecular formula is C17H19N3O2. The second-order valence-electron chi connectivity index (χ2n) is 4.77. The van der Waals surface area contributed by atoms with E-state index in [1.54, 1.807) is 7.05 Å². The van der Waals surface area contributed by atoms with Crippen LogP contribution in [0.3, 0.4) is 0 Å². The molecular weight excluding hydrogens is 278 g/mol. The van der Waals surface area contributed by atoms with Gasteiger partial charge in [-0.1, -0.05) is 42.5 Å². The SMILES string of the molecule is CNC(=O)CNCC(=O)Nc1ccc(-c2ccccc2)cc1. The third kappa shape index (κ3) is 4.71. The molecule has 0 saturated heterocycles. The van der Waals surface area contributed by atoms with Crippen molar-refractivity contribution in [1.82, 2.24) is 10.6 Å². The molecule has 0 aromatic heterocycles. The minimum Gasteiger partial charge on any atom is -0.358 e. The van der Waals surface area contributed by atoms with Gasteiger partial charge in [0.1, 0.15) is 0 Å². The molecule has 0 aliphatic carbocycles. The Hall–Kier alpha value is -2.66. The molecule has 0 atom stereocenters. The molecule has 0 aliphatic heterocycles. The van der Waals surface area contributed by atoms with Crippen LogP contribution in [0.15, 0.2) is 54.6 Å². The fraction of sp³-hybridized carbons (Fsp3) is 0.176. The van der Waals surface area contributed by atoms with Crippen LogP contribution in [0.25, 0.3) is 11.1 Å². The lowest BCUT2D eigenvalue weighted by atomic mass is 10.1. The zero-order chi connectivity index (χ0) is 15.8. The van der Waals surface area contributed by atoms with Crippen LogP contribution in [0.4, 0.5) is 5.69 Å². The highest BCUT2D eigenvalue weighted by molar-refractivity contribution is 5.92. The van der Waals surface area contributed by atoms with Crippen LogP contribution in [0.1, 0.15) is 0 Å². The van der Waals surface area contributed by atoms with Crippen LogP contribution in [0.5, 0.6) is 0 Å². The number of hydrogen-bond donors (Lipinski definition) is 3. The van der Waals surface area contributed by atoms with Crippen LogP contribution in [0, 0.1) is 0 Å². The summed E-state index contributed by atoms with van der Waals surface area (Å²) < 4.78 is 0. The summed E-state index contributed by atoms with van der Waals surface area (Å²) in [6.45, 7) is 0.213. The topological polar surface area (TPSA) is 70.2 Å². The molecule has 3 N–H and O–H groups in total. The molecule has 0 saturated carbocycles. The van der Waals surface area contributed by atoms with E-state index in [9.17, 15) is 9.59 Å². The highest BCUT2D eigenvalue weighted by Gasteiger charge is 2.04. The number of carbonyl (C=O) groups excluding carboxylic acids is 2. The maximum absolute atomic E-state index is 11.7. The molecule has 2 amide bonds. The quantitative estimate of drug-likeness (QED) is 0.759. The minimum absolute atomic E-state index is 0.0911. The number of carbonyl (C=O) groups is 2. The molecule has 0 unspecified atom stereocenters. The standard InChI is InChI=1S/C17H19N3O2/c1-18-16(21)11-19-12-17(22)20-15-9-7-14(8-10-15)13-5-3-2-4-6-13/h2-10,19H,11-12H2,1H3,(H,18,21)(H,20,22). The number of nitrogens with one attached hydrogen (secondary N) is 3. The monoisotopic (exact) mass is 297 g/mol. The average molecular weight is 297 g/mol. The number of rotatable bonds is 6. The maximum atomic E-state index is 11.7. The molecule has 22 heavy (non-hydrogen) atoms. The van der Waals surface area contributed by atoms with Crippen molar-refractivity contribution in [3.8, 4) is 11.1 Å². The largest absolute Gasteiger partial charge is 0.358 e. The van der Waals surface area contributed by atoms with Crippen LogP contribution < -0.4 is 16.0 Å². The van der Waals surface area contributed by atoms with Gasteiger partial charge in [0.05, 0.1) is 13.1 Å². The van der Waals surface area contributed by atoms with Crippen LogP contribution >= 0.6 is 0 Å². The van der Waals surface area contributed by atoms with E-state index in [1.807, 2.05) is 54.6 Å².